The van der Waals surface area contributed by atoms with Gasteiger partial charge < -0.3 is 5.32 Å². The second-order valence-corrected chi connectivity index (χ2v) is 3.97. The molecule has 0 amide bonds. The summed E-state index contributed by atoms with van der Waals surface area (Å²) in [7, 11) is 0. The molecule has 0 atom stereocenters. The van der Waals surface area contributed by atoms with E-state index >= 15 is 0 Å². The SMILES string of the molecule is N#CCc1ccnc(NCCc2ccccc2F)n1. The number of aromatic nitrogens is 2. The van der Waals surface area contributed by atoms with Crippen molar-refractivity contribution >= 4 is 5.95 Å². The van der Waals surface area contributed by atoms with E-state index in [1.165, 1.54) is 6.07 Å². The van der Waals surface area contributed by atoms with Crippen molar-refractivity contribution in [3.8, 4) is 6.07 Å². The average molecular weight is 256 g/mol. The fourth-order valence-electron chi connectivity index (χ4n) is 1.67. The monoisotopic (exact) mass is 256 g/mol. The summed E-state index contributed by atoms with van der Waals surface area (Å²) in [5, 5.41) is 11.6. The van der Waals surface area contributed by atoms with Crippen LogP contribution in [-0.4, -0.2) is 16.5 Å². The van der Waals surface area contributed by atoms with E-state index in [-0.39, 0.29) is 12.2 Å². The molecular weight excluding hydrogens is 243 g/mol. The van der Waals surface area contributed by atoms with Gasteiger partial charge in [0.05, 0.1) is 18.2 Å². The highest BCUT2D eigenvalue weighted by Gasteiger charge is 2.02. The summed E-state index contributed by atoms with van der Waals surface area (Å²) in [6.07, 6.45) is 2.41. The van der Waals surface area contributed by atoms with Gasteiger partial charge in [-0.3, -0.25) is 0 Å². The van der Waals surface area contributed by atoms with E-state index in [0.717, 1.165) is 0 Å². The first kappa shape index (κ1) is 13.0. The van der Waals surface area contributed by atoms with Crippen LogP contribution in [0.25, 0.3) is 0 Å². The molecule has 0 unspecified atom stereocenters. The normalized spacial score (nSPS) is 9.89. The molecule has 96 valence electrons. The quantitative estimate of drug-likeness (QED) is 0.891. The summed E-state index contributed by atoms with van der Waals surface area (Å²) >= 11 is 0. The topological polar surface area (TPSA) is 61.6 Å². The van der Waals surface area contributed by atoms with Crippen molar-refractivity contribution in [2.24, 2.45) is 0 Å². The molecule has 5 heteroatoms. The predicted octanol–water partition coefficient (Wildman–Crippen LogP) is 2.34. The van der Waals surface area contributed by atoms with E-state index in [9.17, 15) is 4.39 Å². The first-order valence-electron chi connectivity index (χ1n) is 5.96. The predicted molar refractivity (Wildman–Crippen MR) is 69.9 cm³/mol. The lowest BCUT2D eigenvalue weighted by Crippen LogP contribution is -2.09. The number of benzene rings is 1. The molecule has 1 N–H and O–H groups in total. The van der Waals surface area contributed by atoms with E-state index in [1.807, 2.05) is 12.1 Å². The van der Waals surface area contributed by atoms with Gasteiger partial charge in [0, 0.05) is 12.7 Å². The summed E-state index contributed by atoms with van der Waals surface area (Å²) in [4.78, 5) is 8.23. The van der Waals surface area contributed by atoms with Crippen LogP contribution in [0, 0.1) is 17.1 Å². The number of nitrogens with zero attached hydrogens (tertiary/aromatic N) is 3. The standard InChI is InChI=1S/C14H13FN4/c15-13-4-2-1-3-11(13)6-9-17-14-18-10-7-12(19-14)5-8-16/h1-4,7,10H,5-6,9H2,(H,17,18,19). The van der Waals surface area contributed by atoms with Crippen molar-refractivity contribution in [1.82, 2.24) is 9.97 Å². The Balaban J connectivity index is 1.91. The van der Waals surface area contributed by atoms with Crippen molar-refractivity contribution in [1.29, 1.82) is 5.26 Å². The maximum atomic E-state index is 13.4. The van der Waals surface area contributed by atoms with Crippen LogP contribution in [-0.2, 0) is 12.8 Å². The van der Waals surface area contributed by atoms with E-state index in [2.05, 4.69) is 15.3 Å². The van der Waals surface area contributed by atoms with Gasteiger partial charge in [-0.1, -0.05) is 18.2 Å². The van der Waals surface area contributed by atoms with Gasteiger partial charge in [-0.2, -0.15) is 5.26 Å². The Labute approximate surface area is 110 Å². The fraction of sp³-hybridized carbons (Fsp3) is 0.214. The van der Waals surface area contributed by atoms with Crippen molar-refractivity contribution in [2.75, 3.05) is 11.9 Å². The van der Waals surface area contributed by atoms with E-state index in [4.69, 9.17) is 5.26 Å². The lowest BCUT2D eigenvalue weighted by Gasteiger charge is -2.06. The summed E-state index contributed by atoms with van der Waals surface area (Å²) in [5.74, 6) is 0.257. The van der Waals surface area contributed by atoms with Crippen LogP contribution in [0.4, 0.5) is 10.3 Å². The molecule has 1 aromatic heterocycles. The van der Waals surface area contributed by atoms with Crippen molar-refractivity contribution in [3.63, 3.8) is 0 Å². The van der Waals surface area contributed by atoms with E-state index < -0.39 is 0 Å². The van der Waals surface area contributed by atoms with Crippen LogP contribution >= 0.6 is 0 Å². The number of anilines is 1. The highest BCUT2D eigenvalue weighted by Crippen LogP contribution is 2.07. The number of hydrogen-bond acceptors (Lipinski definition) is 4. The lowest BCUT2D eigenvalue weighted by molar-refractivity contribution is 0.610. The maximum absolute atomic E-state index is 13.4. The second kappa shape index (κ2) is 6.45. The minimum absolute atomic E-state index is 0.205. The summed E-state index contributed by atoms with van der Waals surface area (Å²) in [5.41, 5.74) is 1.33. The van der Waals surface area contributed by atoms with Gasteiger partial charge in [0.15, 0.2) is 0 Å². The van der Waals surface area contributed by atoms with Gasteiger partial charge in [-0.15, -0.1) is 0 Å². The van der Waals surface area contributed by atoms with Gasteiger partial charge >= 0.3 is 0 Å². The summed E-state index contributed by atoms with van der Waals surface area (Å²) in [6.45, 7) is 0.539. The molecule has 0 saturated heterocycles. The number of halogens is 1. The molecule has 1 heterocycles. The van der Waals surface area contributed by atoms with Crippen LogP contribution in [0.15, 0.2) is 36.5 Å². The average Bonchev–Trinajstić information content (AvgIpc) is 2.42. The molecule has 4 nitrogen and oxygen atoms in total. The van der Waals surface area contributed by atoms with Gasteiger partial charge in [0.25, 0.3) is 0 Å². The molecule has 2 rings (SSSR count). The van der Waals surface area contributed by atoms with Gasteiger partial charge in [0.2, 0.25) is 5.95 Å². The number of rotatable bonds is 5. The lowest BCUT2D eigenvalue weighted by atomic mass is 10.1. The van der Waals surface area contributed by atoms with Crippen LogP contribution in [0.1, 0.15) is 11.3 Å². The Morgan fingerprint density at radius 3 is 2.89 bits per heavy atom. The Morgan fingerprint density at radius 1 is 1.26 bits per heavy atom. The van der Waals surface area contributed by atoms with Gasteiger partial charge in [-0.05, 0) is 24.1 Å². The van der Waals surface area contributed by atoms with Crippen LogP contribution in [0.2, 0.25) is 0 Å². The van der Waals surface area contributed by atoms with Gasteiger partial charge in [0.1, 0.15) is 5.82 Å². The molecule has 2 aromatic rings. The number of hydrogen-bond donors (Lipinski definition) is 1. The molecule has 0 fully saturated rings. The molecule has 0 saturated carbocycles. The Hall–Kier alpha value is -2.48. The zero-order valence-electron chi connectivity index (χ0n) is 10.3. The number of nitrogens with one attached hydrogen (secondary N) is 1. The molecule has 0 aliphatic heterocycles. The highest BCUT2D eigenvalue weighted by atomic mass is 19.1. The van der Waals surface area contributed by atoms with Gasteiger partial charge in [-0.25, -0.2) is 14.4 Å². The minimum Gasteiger partial charge on any atom is -0.354 e. The third-order valence-corrected chi connectivity index (χ3v) is 2.61. The Bertz CT molecular complexity index is 592. The molecule has 0 aliphatic rings. The minimum atomic E-state index is -0.205. The van der Waals surface area contributed by atoms with Crippen molar-refractivity contribution < 1.29 is 4.39 Å². The largest absolute Gasteiger partial charge is 0.354 e. The first-order valence-corrected chi connectivity index (χ1v) is 5.96. The second-order valence-electron chi connectivity index (χ2n) is 3.97. The van der Waals surface area contributed by atoms with Crippen LogP contribution < -0.4 is 5.32 Å². The fourth-order valence-corrected chi connectivity index (χ4v) is 1.67. The molecule has 0 radical (unpaired) electrons. The zero-order chi connectivity index (χ0) is 13.5. The Morgan fingerprint density at radius 2 is 2.11 bits per heavy atom. The molecular formula is C14H13FN4. The zero-order valence-corrected chi connectivity index (χ0v) is 10.3. The summed E-state index contributed by atoms with van der Waals surface area (Å²) < 4.78 is 13.4. The smallest absolute Gasteiger partial charge is 0.222 e. The Kier molecular flexibility index (Phi) is 4.40. The molecule has 0 aliphatic carbocycles. The van der Waals surface area contributed by atoms with Crippen molar-refractivity contribution in [2.45, 2.75) is 12.8 Å². The van der Waals surface area contributed by atoms with E-state index in [1.54, 1.807) is 24.4 Å². The van der Waals surface area contributed by atoms with Crippen LogP contribution in [0.5, 0.6) is 0 Å². The maximum Gasteiger partial charge on any atom is 0.222 e. The number of nitriles is 1. The molecule has 19 heavy (non-hydrogen) atoms. The molecule has 1 aromatic carbocycles. The molecule has 0 bridgehead atoms. The van der Waals surface area contributed by atoms with Crippen molar-refractivity contribution in [3.05, 3.63) is 53.6 Å². The third-order valence-electron chi connectivity index (χ3n) is 2.61. The van der Waals surface area contributed by atoms with Crippen LogP contribution in [0.3, 0.4) is 0 Å². The summed E-state index contributed by atoms with van der Waals surface area (Å²) in [6, 6.07) is 10.4. The first-order chi connectivity index (χ1) is 9.29. The highest BCUT2D eigenvalue weighted by molar-refractivity contribution is 5.27. The molecule has 0 spiro atoms. The van der Waals surface area contributed by atoms with E-state index in [0.29, 0.717) is 30.2 Å². The third kappa shape index (κ3) is 3.75.